The van der Waals surface area contributed by atoms with Crippen molar-refractivity contribution in [2.24, 2.45) is 4.99 Å². The van der Waals surface area contributed by atoms with Crippen molar-refractivity contribution in [1.82, 2.24) is 5.32 Å². The van der Waals surface area contributed by atoms with E-state index >= 15 is 0 Å². The molecule has 0 aliphatic rings. The van der Waals surface area contributed by atoms with Crippen molar-refractivity contribution in [3.05, 3.63) is 12.2 Å². The average Bonchev–Trinajstić information content (AvgIpc) is 2.55. The normalized spacial score (nSPS) is 10.7. The fraction of sp³-hybridized carbons (Fsp3) is 0.643. The van der Waals surface area contributed by atoms with Crippen molar-refractivity contribution in [2.75, 3.05) is 46.9 Å². The number of rotatable bonds is 6. The highest BCUT2D eigenvalue weighted by atomic mass is 32.2. The Morgan fingerprint density at radius 2 is 1.52 bits per heavy atom. The lowest BCUT2D eigenvalue weighted by Gasteiger charge is -2.07. The maximum Gasteiger partial charge on any atom is 0.436 e. The summed E-state index contributed by atoms with van der Waals surface area (Å²) in [5.41, 5.74) is 0. The average molecular weight is 350 g/mol. The van der Waals surface area contributed by atoms with E-state index in [1.807, 2.05) is 26.0 Å². The molecular weight excluding hydrogens is 324 g/mol. The van der Waals surface area contributed by atoms with Crippen LogP contribution >= 0.6 is 11.8 Å². The molecule has 0 aliphatic heterocycles. The van der Waals surface area contributed by atoms with Gasteiger partial charge in [-0.25, -0.2) is 9.59 Å². The second kappa shape index (κ2) is 18.5. The summed E-state index contributed by atoms with van der Waals surface area (Å²) in [6, 6.07) is 0. The first-order valence-corrected chi connectivity index (χ1v) is 8.06. The molecule has 0 aromatic carbocycles. The molecule has 0 aliphatic carbocycles. The summed E-state index contributed by atoms with van der Waals surface area (Å²) in [7, 11) is 2.98. The van der Waals surface area contributed by atoms with Gasteiger partial charge in [0.2, 0.25) is 0 Å². The number of nitrogens with zero attached hydrogens (tertiary/aromatic N) is 1. The van der Waals surface area contributed by atoms with Crippen LogP contribution in [0.3, 0.4) is 0 Å². The molecule has 0 heterocycles. The number of alkyl carbamates (subject to hydrolysis) is 1. The Bertz CT molecular complexity index is 370. The summed E-state index contributed by atoms with van der Waals surface area (Å²) >= 11 is 1.08. The van der Waals surface area contributed by atoms with E-state index in [1.165, 1.54) is 14.2 Å². The first-order valence-electron chi connectivity index (χ1n) is 6.84. The molecule has 134 valence electrons. The summed E-state index contributed by atoms with van der Waals surface area (Å²) in [5.74, 6) is 0. The van der Waals surface area contributed by atoms with Gasteiger partial charge in [-0.2, -0.15) is 4.99 Å². The van der Waals surface area contributed by atoms with Crippen molar-refractivity contribution >= 4 is 29.1 Å². The third-order valence-electron chi connectivity index (χ3n) is 1.96. The van der Waals surface area contributed by atoms with E-state index in [0.29, 0.717) is 0 Å². The molecular formula is C14H26N2O6S. The number of hydrogen-bond acceptors (Lipinski definition) is 7. The maximum atomic E-state index is 11.3. The van der Waals surface area contributed by atoms with Gasteiger partial charge in [-0.3, -0.25) is 5.32 Å². The largest absolute Gasteiger partial charge is 0.447 e. The first kappa shape index (κ1) is 23.7. The highest BCUT2D eigenvalue weighted by Crippen LogP contribution is 1.98. The number of amidine groups is 1. The van der Waals surface area contributed by atoms with Gasteiger partial charge in [0.1, 0.15) is 13.2 Å². The number of carbonyl (C=O) groups is 2. The van der Waals surface area contributed by atoms with E-state index in [0.717, 1.165) is 11.8 Å². The minimum atomic E-state index is -0.807. The van der Waals surface area contributed by atoms with Crippen molar-refractivity contribution in [2.45, 2.75) is 13.8 Å². The molecule has 23 heavy (non-hydrogen) atoms. The van der Waals surface area contributed by atoms with Crippen LogP contribution in [0.5, 0.6) is 0 Å². The lowest BCUT2D eigenvalue weighted by molar-refractivity contribution is 0.101. The van der Waals surface area contributed by atoms with Crippen LogP contribution in [0.15, 0.2) is 17.1 Å². The number of methoxy groups -OCH3 is 2. The van der Waals surface area contributed by atoms with Crippen LogP contribution in [-0.2, 0) is 18.9 Å². The monoisotopic (exact) mass is 350 g/mol. The van der Waals surface area contributed by atoms with Crippen LogP contribution in [0.1, 0.15) is 13.8 Å². The number of amides is 2. The number of carbonyl (C=O) groups excluding carboxylic acids is 2. The van der Waals surface area contributed by atoms with Gasteiger partial charge in [0.15, 0.2) is 5.17 Å². The van der Waals surface area contributed by atoms with E-state index in [2.05, 4.69) is 10.3 Å². The molecule has 0 aromatic heterocycles. The zero-order valence-corrected chi connectivity index (χ0v) is 15.1. The second-order valence-corrected chi connectivity index (χ2v) is 4.44. The van der Waals surface area contributed by atoms with Crippen LogP contribution < -0.4 is 5.32 Å². The van der Waals surface area contributed by atoms with E-state index in [-0.39, 0.29) is 31.6 Å². The topological polar surface area (TPSA) is 95.5 Å². The van der Waals surface area contributed by atoms with E-state index in [1.54, 1.807) is 6.26 Å². The highest BCUT2D eigenvalue weighted by molar-refractivity contribution is 8.13. The highest BCUT2D eigenvalue weighted by Gasteiger charge is 2.09. The van der Waals surface area contributed by atoms with Crippen molar-refractivity contribution in [3.8, 4) is 0 Å². The Hall–Kier alpha value is -1.58. The third kappa shape index (κ3) is 18.4. The molecule has 0 fully saturated rings. The van der Waals surface area contributed by atoms with E-state index < -0.39 is 12.2 Å². The number of allylic oxidation sites excluding steroid dienone is 2. The zero-order valence-electron chi connectivity index (χ0n) is 14.3. The molecule has 0 radical (unpaired) electrons. The standard InChI is InChI=1S/C10H18N2O6S.C4H8/c1-15-4-6-17-9(13)11-8(19-3)12-10(14)18-7-5-16-2;1-3-4-2/h4-7H2,1-3H3,(H,11,12,13,14);3-4H,1-2H3/b;4-3-. The third-order valence-corrected chi connectivity index (χ3v) is 2.54. The Morgan fingerprint density at radius 1 is 1.00 bits per heavy atom. The maximum absolute atomic E-state index is 11.3. The lowest BCUT2D eigenvalue weighted by Crippen LogP contribution is -2.30. The summed E-state index contributed by atoms with van der Waals surface area (Å²) in [5, 5.41) is 2.40. The van der Waals surface area contributed by atoms with Crippen molar-refractivity contribution in [3.63, 3.8) is 0 Å². The number of hydrogen-bond donors (Lipinski definition) is 1. The molecule has 0 saturated carbocycles. The molecule has 1 N–H and O–H groups in total. The SMILES string of the molecule is C/C=C\C.COCCOC(=O)/N=C(/NC(=O)OCCOC)SC. The Balaban J connectivity index is 0. The summed E-state index contributed by atoms with van der Waals surface area (Å²) in [6.45, 7) is 4.78. The molecule has 2 amide bonds. The van der Waals surface area contributed by atoms with E-state index in [4.69, 9.17) is 18.9 Å². The summed E-state index contributed by atoms with van der Waals surface area (Å²) in [6.07, 6.45) is 4.13. The van der Waals surface area contributed by atoms with Gasteiger partial charge in [0.25, 0.3) is 0 Å². The van der Waals surface area contributed by atoms with Gasteiger partial charge < -0.3 is 18.9 Å². The number of thioether (sulfide) groups is 1. The molecule has 0 aromatic rings. The molecule has 8 nitrogen and oxygen atoms in total. The van der Waals surface area contributed by atoms with Gasteiger partial charge in [0, 0.05) is 14.2 Å². The molecule has 0 rings (SSSR count). The first-order chi connectivity index (χ1) is 11.0. The fourth-order valence-corrected chi connectivity index (χ4v) is 1.14. The number of aliphatic imine (C=N–C) groups is 1. The van der Waals surface area contributed by atoms with Crippen LogP contribution in [0.4, 0.5) is 9.59 Å². The molecule has 0 bridgehead atoms. The van der Waals surface area contributed by atoms with Crippen molar-refractivity contribution in [1.29, 1.82) is 0 Å². The minimum Gasteiger partial charge on any atom is -0.447 e. The fourth-order valence-electron chi connectivity index (χ4n) is 0.793. The molecule has 0 saturated heterocycles. The molecule has 0 atom stereocenters. The van der Waals surface area contributed by atoms with Gasteiger partial charge >= 0.3 is 12.2 Å². The number of ether oxygens (including phenoxy) is 4. The van der Waals surface area contributed by atoms with Crippen LogP contribution in [0.2, 0.25) is 0 Å². The van der Waals surface area contributed by atoms with Gasteiger partial charge in [-0.1, -0.05) is 23.9 Å². The van der Waals surface area contributed by atoms with Gasteiger partial charge in [-0.05, 0) is 20.1 Å². The minimum absolute atomic E-state index is 0.0878. The molecule has 0 spiro atoms. The number of nitrogens with one attached hydrogen (secondary N) is 1. The molecule has 9 heteroatoms. The predicted molar refractivity (Wildman–Crippen MR) is 91.0 cm³/mol. The van der Waals surface area contributed by atoms with Crippen LogP contribution in [0, 0.1) is 0 Å². The Kier molecular flexibility index (Phi) is 19.0. The van der Waals surface area contributed by atoms with E-state index in [9.17, 15) is 9.59 Å². The van der Waals surface area contributed by atoms with Gasteiger partial charge in [-0.15, -0.1) is 0 Å². The second-order valence-electron chi connectivity index (χ2n) is 3.65. The van der Waals surface area contributed by atoms with Crippen LogP contribution in [0.25, 0.3) is 0 Å². The zero-order chi connectivity index (χ0) is 17.9. The predicted octanol–water partition coefficient (Wildman–Crippen LogP) is 2.44. The summed E-state index contributed by atoms with van der Waals surface area (Å²) < 4.78 is 18.9. The van der Waals surface area contributed by atoms with Crippen LogP contribution in [-0.4, -0.2) is 64.3 Å². The van der Waals surface area contributed by atoms with Gasteiger partial charge in [0.05, 0.1) is 13.2 Å². The quantitative estimate of drug-likeness (QED) is 0.340. The smallest absolute Gasteiger partial charge is 0.436 e. The Labute approximate surface area is 141 Å². The van der Waals surface area contributed by atoms with Crippen molar-refractivity contribution < 1.29 is 28.5 Å². The summed E-state index contributed by atoms with van der Waals surface area (Å²) in [4.78, 5) is 26.1. The lowest BCUT2D eigenvalue weighted by atomic mass is 10.6. The Morgan fingerprint density at radius 3 is 1.96 bits per heavy atom. The molecule has 0 unspecified atom stereocenters.